The normalized spacial score (nSPS) is 14.9. The number of aliphatic hydroxyl groups excluding tert-OH is 1. The summed E-state index contributed by atoms with van der Waals surface area (Å²) in [6.07, 6.45) is 0. The SMILES string of the molecule is COC(=O)C(N[C@@H](CO)c1ccccc1)c1ccc2c(c1)OCO2. The molecule has 0 aliphatic carbocycles. The van der Waals surface area contributed by atoms with E-state index in [0.29, 0.717) is 17.1 Å². The van der Waals surface area contributed by atoms with E-state index in [1.165, 1.54) is 7.11 Å². The Bertz CT molecular complexity index is 704. The number of nitrogens with one attached hydrogen (secondary N) is 1. The van der Waals surface area contributed by atoms with E-state index >= 15 is 0 Å². The van der Waals surface area contributed by atoms with Crippen molar-refractivity contribution in [3.8, 4) is 11.5 Å². The first-order valence-electron chi connectivity index (χ1n) is 7.62. The lowest BCUT2D eigenvalue weighted by molar-refractivity contribution is -0.143. The van der Waals surface area contributed by atoms with Gasteiger partial charge in [-0.15, -0.1) is 0 Å². The molecule has 0 spiro atoms. The Morgan fingerprint density at radius 3 is 2.62 bits per heavy atom. The van der Waals surface area contributed by atoms with Gasteiger partial charge in [0.25, 0.3) is 0 Å². The molecular weight excluding hydrogens is 310 g/mol. The average Bonchev–Trinajstić information content (AvgIpc) is 3.10. The number of rotatable bonds is 6. The van der Waals surface area contributed by atoms with Crippen molar-refractivity contribution < 1.29 is 24.1 Å². The van der Waals surface area contributed by atoms with Crippen molar-refractivity contribution in [2.75, 3.05) is 20.5 Å². The Hall–Kier alpha value is -2.57. The molecule has 1 heterocycles. The largest absolute Gasteiger partial charge is 0.468 e. The van der Waals surface area contributed by atoms with Crippen LogP contribution in [0.25, 0.3) is 0 Å². The first kappa shape index (κ1) is 16.3. The van der Waals surface area contributed by atoms with Crippen molar-refractivity contribution in [2.24, 2.45) is 0 Å². The molecule has 0 amide bonds. The van der Waals surface area contributed by atoms with Gasteiger partial charge in [0.2, 0.25) is 6.79 Å². The van der Waals surface area contributed by atoms with Gasteiger partial charge in [-0.1, -0.05) is 36.4 Å². The van der Waals surface area contributed by atoms with Crippen LogP contribution in [0.4, 0.5) is 0 Å². The number of hydrogen-bond acceptors (Lipinski definition) is 6. The standard InChI is InChI=1S/C18H19NO5/c1-22-18(21)17(13-7-8-15-16(9-13)24-11-23-15)19-14(10-20)12-5-3-2-4-6-12/h2-9,14,17,19-20H,10-11H2,1H3/t14-,17?/m0/s1. The van der Waals surface area contributed by atoms with Crippen LogP contribution in [-0.2, 0) is 9.53 Å². The van der Waals surface area contributed by atoms with E-state index in [1.54, 1.807) is 18.2 Å². The van der Waals surface area contributed by atoms with Crippen LogP contribution < -0.4 is 14.8 Å². The molecule has 2 N–H and O–H groups in total. The van der Waals surface area contributed by atoms with Gasteiger partial charge in [-0.3, -0.25) is 5.32 Å². The van der Waals surface area contributed by atoms with Crippen molar-refractivity contribution in [2.45, 2.75) is 12.1 Å². The molecule has 6 nitrogen and oxygen atoms in total. The van der Waals surface area contributed by atoms with Crippen LogP contribution in [0.5, 0.6) is 11.5 Å². The van der Waals surface area contributed by atoms with E-state index in [1.807, 2.05) is 30.3 Å². The van der Waals surface area contributed by atoms with Crippen LogP contribution in [0.3, 0.4) is 0 Å². The van der Waals surface area contributed by atoms with Crippen molar-refractivity contribution in [3.05, 3.63) is 59.7 Å². The number of benzene rings is 2. The molecule has 0 saturated carbocycles. The van der Waals surface area contributed by atoms with Crippen molar-refractivity contribution in [1.29, 1.82) is 0 Å². The summed E-state index contributed by atoms with van der Waals surface area (Å²) in [6.45, 7) is 0.0143. The quantitative estimate of drug-likeness (QED) is 0.789. The average molecular weight is 329 g/mol. The van der Waals surface area contributed by atoms with Gasteiger partial charge in [-0.05, 0) is 23.3 Å². The fraction of sp³-hybridized carbons (Fsp3) is 0.278. The molecule has 2 aromatic rings. The highest BCUT2D eigenvalue weighted by atomic mass is 16.7. The van der Waals surface area contributed by atoms with Gasteiger partial charge in [0.05, 0.1) is 19.8 Å². The van der Waals surface area contributed by atoms with Crippen LogP contribution >= 0.6 is 0 Å². The number of carbonyl (C=O) groups is 1. The minimum absolute atomic E-state index is 0.151. The van der Waals surface area contributed by atoms with Gasteiger partial charge in [0, 0.05) is 0 Å². The lowest BCUT2D eigenvalue weighted by Gasteiger charge is -2.23. The Morgan fingerprint density at radius 2 is 1.92 bits per heavy atom. The fourth-order valence-corrected chi connectivity index (χ4v) is 2.65. The third-order valence-electron chi connectivity index (χ3n) is 3.92. The van der Waals surface area contributed by atoms with E-state index < -0.39 is 18.1 Å². The first-order valence-corrected chi connectivity index (χ1v) is 7.62. The zero-order valence-electron chi connectivity index (χ0n) is 13.3. The number of aliphatic hydroxyl groups is 1. The summed E-state index contributed by atoms with van der Waals surface area (Å²) >= 11 is 0. The summed E-state index contributed by atoms with van der Waals surface area (Å²) in [4.78, 5) is 12.3. The number of esters is 1. The molecule has 6 heteroatoms. The lowest BCUT2D eigenvalue weighted by Crippen LogP contribution is -2.34. The topological polar surface area (TPSA) is 77.0 Å². The molecule has 126 valence electrons. The van der Waals surface area contributed by atoms with Crippen LogP contribution in [0.1, 0.15) is 23.2 Å². The lowest BCUT2D eigenvalue weighted by atomic mass is 10.0. The maximum Gasteiger partial charge on any atom is 0.327 e. The van der Waals surface area contributed by atoms with Gasteiger partial charge >= 0.3 is 5.97 Å². The number of hydrogen-bond donors (Lipinski definition) is 2. The summed E-state index contributed by atoms with van der Waals surface area (Å²) in [5.41, 5.74) is 1.56. The molecule has 2 aromatic carbocycles. The molecule has 0 radical (unpaired) electrons. The van der Waals surface area contributed by atoms with Crippen molar-refractivity contribution in [3.63, 3.8) is 0 Å². The molecule has 2 atom stereocenters. The summed E-state index contributed by atoms with van der Waals surface area (Å²) in [6, 6.07) is 13.6. The Labute approximate surface area is 140 Å². The first-order chi connectivity index (χ1) is 11.7. The summed E-state index contributed by atoms with van der Waals surface area (Å²) < 4.78 is 15.6. The second kappa shape index (κ2) is 7.33. The molecule has 1 aliphatic rings. The predicted molar refractivity (Wildman–Crippen MR) is 86.7 cm³/mol. The van der Waals surface area contributed by atoms with Crippen LogP contribution in [0, 0.1) is 0 Å². The molecule has 3 rings (SSSR count). The van der Waals surface area contributed by atoms with Crippen molar-refractivity contribution >= 4 is 5.97 Å². The van der Waals surface area contributed by atoms with E-state index in [2.05, 4.69) is 5.32 Å². The molecule has 0 bridgehead atoms. The zero-order chi connectivity index (χ0) is 16.9. The Morgan fingerprint density at radius 1 is 1.17 bits per heavy atom. The monoisotopic (exact) mass is 329 g/mol. The Balaban J connectivity index is 1.88. The van der Waals surface area contributed by atoms with E-state index in [4.69, 9.17) is 14.2 Å². The highest BCUT2D eigenvalue weighted by molar-refractivity contribution is 5.78. The molecule has 24 heavy (non-hydrogen) atoms. The van der Waals surface area contributed by atoms with Gasteiger partial charge in [-0.2, -0.15) is 0 Å². The highest BCUT2D eigenvalue weighted by Crippen LogP contribution is 2.35. The summed E-state index contributed by atoms with van der Waals surface area (Å²) in [5, 5.41) is 12.9. The van der Waals surface area contributed by atoms with E-state index in [0.717, 1.165) is 5.56 Å². The van der Waals surface area contributed by atoms with E-state index in [9.17, 15) is 9.90 Å². The molecule has 1 aliphatic heterocycles. The minimum Gasteiger partial charge on any atom is -0.468 e. The minimum atomic E-state index is -0.734. The molecule has 1 unspecified atom stereocenters. The second-order valence-corrected chi connectivity index (χ2v) is 5.38. The maximum absolute atomic E-state index is 12.3. The van der Waals surface area contributed by atoms with Gasteiger partial charge < -0.3 is 19.3 Å². The molecule has 0 saturated heterocycles. The van der Waals surface area contributed by atoms with Crippen LogP contribution in [-0.4, -0.2) is 31.6 Å². The number of fused-ring (bicyclic) bond motifs is 1. The third-order valence-corrected chi connectivity index (χ3v) is 3.92. The third kappa shape index (κ3) is 3.34. The van der Waals surface area contributed by atoms with E-state index in [-0.39, 0.29) is 13.4 Å². The van der Waals surface area contributed by atoms with Crippen molar-refractivity contribution in [1.82, 2.24) is 5.32 Å². The maximum atomic E-state index is 12.3. The second-order valence-electron chi connectivity index (χ2n) is 5.38. The van der Waals surface area contributed by atoms with Gasteiger partial charge in [-0.25, -0.2) is 4.79 Å². The number of methoxy groups -OCH3 is 1. The van der Waals surface area contributed by atoms with Crippen LogP contribution in [0.2, 0.25) is 0 Å². The number of carbonyl (C=O) groups excluding carboxylic acids is 1. The van der Waals surface area contributed by atoms with Gasteiger partial charge in [0.1, 0.15) is 6.04 Å². The summed E-state index contributed by atoms with van der Waals surface area (Å²) in [5.74, 6) is 0.788. The Kier molecular flexibility index (Phi) is 4.98. The fourth-order valence-electron chi connectivity index (χ4n) is 2.65. The smallest absolute Gasteiger partial charge is 0.327 e. The predicted octanol–water partition coefficient (Wildman–Crippen LogP) is 1.95. The van der Waals surface area contributed by atoms with Crippen LogP contribution in [0.15, 0.2) is 48.5 Å². The molecule has 0 fully saturated rings. The molecule has 0 aromatic heterocycles. The summed E-state index contributed by atoms with van der Waals surface area (Å²) in [7, 11) is 1.33. The number of ether oxygens (including phenoxy) is 3. The zero-order valence-corrected chi connectivity index (χ0v) is 13.3. The molecular formula is C18H19NO5. The van der Waals surface area contributed by atoms with Gasteiger partial charge in [0.15, 0.2) is 11.5 Å². The highest BCUT2D eigenvalue weighted by Gasteiger charge is 2.27.